The normalized spacial score (nSPS) is 8.65. The lowest BCUT2D eigenvalue weighted by Crippen LogP contribution is -1.82. The van der Waals surface area contributed by atoms with Gasteiger partial charge in [-0.25, -0.2) is 0 Å². The third-order valence-electron chi connectivity index (χ3n) is 4.71. The highest BCUT2D eigenvalue weighted by Gasteiger charge is 1.93. The van der Waals surface area contributed by atoms with Crippen LogP contribution in [0.3, 0.4) is 0 Å². The van der Waals surface area contributed by atoms with Crippen molar-refractivity contribution < 1.29 is 14.2 Å². The van der Waals surface area contributed by atoms with Crippen LogP contribution in [0.15, 0.2) is 170 Å². The van der Waals surface area contributed by atoms with E-state index in [1.165, 1.54) is 0 Å². The maximum Gasteiger partial charge on any atom is 0.128 e. The van der Waals surface area contributed by atoms with Crippen molar-refractivity contribution in [1.82, 2.24) is 0 Å². The Labute approximate surface area is 273 Å². The van der Waals surface area contributed by atoms with E-state index >= 15 is 0 Å². The monoisotopic (exact) mass is 638 g/mol. The minimum atomic E-state index is -0.398. The molecule has 0 radical (unpaired) electrons. The van der Waals surface area contributed by atoms with Crippen molar-refractivity contribution in [3.05, 3.63) is 175 Å². The molecule has 0 N–H and O–H groups in total. The van der Waals surface area contributed by atoms with Gasteiger partial charge in [-0.3, -0.25) is 0 Å². The molecule has 5 aromatic rings. The lowest BCUT2D eigenvalue weighted by Gasteiger charge is -1.93. The molecule has 0 heterocycles. The van der Waals surface area contributed by atoms with Gasteiger partial charge >= 0.3 is 0 Å². The molecule has 0 amide bonds. The highest BCUT2D eigenvalue weighted by Crippen LogP contribution is 2.10. The first-order valence-electron chi connectivity index (χ1n) is 13.2. The van der Waals surface area contributed by atoms with Crippen LogP contribution in [0.4, 0.5) is 0 Å². The predicted octanol–water partition coefficient (Wildman–Crippen LogP) is 11.5. The van der Waals surface area contributed by atoms with E-state index in [2.05, 4.69) is 6.58 Å². The Morgan fingerprint density at radius 2 is 0.651 bits per heavy atom. The topological polar surface area (TPSA) is 27.7 Å². The number of halogens is 3. The standard InChI is InChI=1S/3C7H8O.C6H5Cl.C6H6.C4H6Cl2/c3*1-8-7-5-3-2-4-6-7;7-6-4-2-1-3-5-6;1-2-4-6-5-3-1;1-3(2)4(5)6/h3*2-6H,1H3;1-5H;1-6H;4H,1H2,2H3. The average molecular weight is 640 g/mol. The number of para-hydroxylation sites is 3. The zero-order valence-corrected chi connectivity index (χ0v) is 27.4. The third kappa shape index (κ3) is 25.5. The first-order chi connectivity index (χ1) is 20.8. The van der Waals surface area contributed by atoms with Gasteiger partial charge in [-0.15, -0.1) is 23.2 Å². The van der Waals surface area contributed by atoms with Gasteiger partial charge in [0.15, 0.2) is 0 Å². The quantitative estimate of drug-likeness (QED) is 0.145. The molecule has 0 aliphatic heterocycles. The van der Waals surface area contributed by atoms with E-state index in [9.17, 15) is 0 Å². The van der Waals surface area contributed by atoms with Crippen LogP contribution >= 0.6 is 34.8 Å². The molecule has 5 rings (SSSR count). The number of hydrogen-bond donors (Lipinski definition) is 0. The van der Waals surface area contributed by atoms with Crippen molar-refractivity contribution >= 4 is 34.8 Å². The molecular formula is C37H41Cl3O3. The summed E-state index contributed by atoms with van der Waals surface area (Å²) in [5.41, 5.74) is 0.790. The minimum absolute atomic E-state index is 0.398. The average Bonchev–Trinajstić information content (AvgIpc) is 3.08. The summed E-state index contributed by atoms with van der Waals surface area (Å²) in [6, 6.07) is 50.5. The van der Waals surface area contributed by atoms with Crippen molar-refractivity contribution in [2.75, 3.05) is 21.3 Å². The van der Waals surface area contributed by atoms with Crippen molar-refractivity contribution in [2.24, 2.45) is 0 Å². The van der Waals surface area contributed by atoms with E-state index in [0.717, 1.165) is 27.8 Å². The fourth-order valence-electron chi connectivity index (χ4n) is 2.47. The lowest BCUT2D eigenvalue weighted by molar-refractivity contribution is 0.414. The van der Waals surface area contributed by atoms with E-state index in [4.69, 9.17) is 49.0 Å². The van der Waals surface area contributed by atoms with Crippen LogP contribution in [-0.4, -0.2) is 26.2 Å². The summed E-state index contributed by atoms with van der Waals surface area (Å²) in [5.74, 6) is 2.73. The zero-order chi connectivity index (χ0) is 32.0. The largest absolute Gasteiger partial charge is 0.497 e. The summed E-state index contributed by atoms with van der Waals surface area (Å²) in [5, 5.41) is 0.794. The molecule has 0 aliphatic rings. The van der Waals surface area contributed by atoms with Crippen LogP contribution in [0.25, 0.3) is 0 Å². The maximum atomic E-state index is 5.54. The van der Waals surface area contributed by atoms with E-state index in [1.807, 2.05) is 158 Å². The summed E-state index contributed by atoms with van der Waals surface area (Å²) in [4.78, 5) is -0.398. The van der Waals surface area contributed by atoms with Crippen molar-refractivity contribution in [1.29, 1.82) is 0 Å². The molecule has 0 bridgehead atoms. The fraction of sp³-hybridized carbons (Fsp3) is 0.135. The fourth-order valence-corrected chi connectivity index (χ4v) is 2.61. The molecule has 0 unspecified atom stereocenters. The molecule has 6 heteroatoms. The summed E-state index contributed by atoms with van der Waals surface area (Å²) >= 11 is 16.1. The van der Waals surface area contributed by atoms with Crippen LogP contribution in [0.5, 0.6) is 17.2 Å². The van der Waals surface area contributed by atoms with Crippen molar-refractivity contribution in [2.45, 2.75) is 11.8 Å². The number of ether oxygens (including phenoxy) is 3. The second kappa shape index (κ2) is 28.2. The zero-order valence-electron chi connectivity index (χ0n) is 25.2. The molecule has 5 aromatic carbocycles. The van der Waals surface area contributed by atoms with Gasteiger partial charge in [-0.05, 0) is 61.0 Å². The SMILES string of the molecule is C=C(C)C(Cl)Cl.COc1ccccc1.COc1ccccc1.COc1ccccc1.Clc1ccccc1.c1ccccc1. The molecule has 0 spiro atoms. The molecule has 3 nitrogen and oxygen atoms in total. The summed E-state index contributed by atoms with van der Waals surface area (Å²) < 4.78 is 14.7. The Kier molecular flexibility index (Phi) is 25.7. The van der Waals surface area contributed by atoms with Gasteiger partial charge in [-0.1, -0.05) is 127 Å². The molecule has 0 fully saturated rings. The molecule has 0 saturated carbocycles. The second-order valence-corrected chi connectivity index (χ2v) is 9.68. The molecule has 0 atom stereocenters. The van der Waals surface area contributed by atoms with E-state index < -0.39 is 4.84 Å². The summed E-state index contributed by atoms with van der Waals surface area (Å²) in [6.07, 6.45) is 0. The Morgan fingerprint density at radius 3 is 0.767 bits per heavy atom. The van der Waals surface area contributed by atoms with E-state index in [0.29, 0.717) is 0 Å². The van der Waals surface area contributed by atoms with Crippen molar-refractivity contribution in [3.8, 4) is 17.2 Å². The smallest absolute Gasteiger partial charge is 0.128 e. The molecule has 0 saturated heterocycles. The molecule has 0 aliphatic carbocycles. The molecular weight excluding hydrogens is 599 g/mol. The van der Waals surface area contributed by atoms with Gasteiger partial charge in [-0.2, -0.15) is 0 Å². The highest BCUT2D eigenvalue weighted by molar-refractivity contribution is 6.46. The molecule has 228 valence electrons. The number of hydrogen-bond acceptors (Lipinski definition) is 3. The van der Waals surface area contributed by atoms with Gasteiger partial charge in [0.05, 0.1) is 21.3 Å². The summed E-state index contributed by atoms with van der Waals surface area (Å²) in [6.45, 7) is 5.27. The maximum absolute atomic E-state index is 5.54. The second-order valence-electron chi connectivity index (χ2n) is 8.15. The number of methoxy groups -OCH3 is 3. The van der Waals surface area contributed by atoms with Crippen LogP contribution < -0.4 is 14.2 Å². The number of benzene rings is 5. The number of rotatable bonds is 4. The molecule has 0 aromatic heterocycles. The van der Waals surface area contributed by atoms with Gasteiger partial charge in [0.2, 0.25) is 0 Å². The third-order valence-corrected chi connectivity index (χ3v) is 5.71. The Bertz CT molecular complexity index is 1140. The predicted molar refractivity (Wildman–Crippen MR) is 187 cm³/mol. The van der Waals surface area contributed by atoms with E-state index in [1.54, 1.807) is 28.3 Å². The van der Waals surface area contributed by atoms with Gasteiger partial charge in [0.1, 0.15) is 22.1 Å². The van der Waals surface area contributed by atoms with Crippen molar-refractivity contribution in [3.63, 3.8) is 0 Å². The van der Waals surface area contributed by atoms with Gasteiger partial charge in [0.25, 0.3) is 0 Å². The molecule has 43 heavy (non-hydrogen) atoms. The highest BCUT2D eigenvalue weighted by atomic mass is 35.5. The van der Waals surface area contributed by atoms with E-state index in [-0.39, 0.29) is 0 Å². The lowest BCUT2D eigenvalue weighted by atomic mass is 10.3. The first-order valence-corrected chi connectivity index (χ1v) is 14.5. The van der Waals surface area contributed by atoms with Gasteiger partial charge < -0.3 is 14.2 Å². The number of alkyl halides is 2. The minimum Gasteiger partial charge on any atom is -0.497 e. The van der Waals surface area contributed by atoms with Crippen LogP contribution in [0, 0.1) is 0 Å². The Balaban J connectivity index is 0.000000495. The van der Waals surface area contributed by atoms with Crippen LogP contribution in [0.2, 0.25) is 5.02 Å². The number of allylic oxidation sites excluding steroid dienone is 1. The first kappa shape index (κ1) is 39.1. The van der Waals surface area contributed by atoms with Crippen LogP contribution in [0.1, 0.15) is 6.92 Å². The Hall–Kier alpha value is -3.89. The van der Waals surface area contributed by atoms with Gasteiger partial charge in [0, 0.05) is 5.02 Å². The van der Waals surface area contributed by atoms with Crippen LogP contribution in [-0.2, 0) is 0 Å². The summed E-state index contributed by atoms with van der Waals surface area (Å²) in [7, 11) is 4.99. The Morgan fingerprint density at radius 1 is 0.465 bits per heavy atom.